The van der Waals surface area contributed by atoms with E-state index in [2.05, 4.69) is 10.2 Å². The first-order valence-corrected chi connectivity index (χ1v) is 5.71. The average Bonchev–Trinajstić information content (AvgIpc) is 2.97. The monoisotopic (exact) mass is 212 g/mol. The predicted octanol–water partition coefficient (Wildman–Crippen LogP) is 0.233. The van der Waals surface area contributed by atoms with Crippen LogP contribution in [0.2, 0.25) is 0 Å². The SMILES string of the molecule is CN1CCOC(C)(C(=O)NCC2CC2)C1. The molecule has 1 aliphatic heterocycles. The van der Waals surface area contributed by atoms with Crippen LogP contribution in [0.4, 0.5) is 0 Å². The highest BCUT2D eigenvalue weighted by Crippen LogP contribution is 2.28. The topological polar surface area (TPSA) is 41.6 Å². The zero-order chi connectivity index (χ0) is 10.9. The smallest absolute Gasteiger partial charge is 0.253 e. The van der Waals surface area contributed by atoms with Crippen molar-refractivity contribution in [3.63, 3.8) is 0 Å². The third kappa shape index (κ3) is 2.69. The Morgan fingerprint density at radius 3 is 2.93 bits per heavy atom. The Hall–Kier alpha value is -0.610. The van der Waals surface area contributed by atoms with Crippen LogP contribution in [0.25, 0.3) is 0 Å². The lowest BCUT2D eigenvalue weighted by atomic mass is 10.0. The molecule has 15 heavy (non-hydrogen) atoms. The number of carbonyl (C=O) groups is 1. The van der Waals surface area contributed by atoms with Gasteiger partial charge in [-0.05, 0) is 32.7 Å². The van der Waals surface area contributed by atoms with Gasteiger partial charge in [-0.3, -0.25) is 4.79 Å². The van der Waals surface area contributed by atoms with E-state index in [1.165, 1.54) is 12.8 Å². The largest absolute Gasteiger partial charge is 0.363 e. The molecule has 2 rings (SSSR count). The maximum Gasteiger partial charge on any atom is 0.253 e. The molecule has 86 valence electrons. The second-order valence-electron chi connectivity index (χ2n) is 4.97. The van der Waals surface area contributed by atoms with Crippen LogP contribution in [0.15, 0.2) is 0 Å². The zero-order valence-corrected chi connectivity index (χ0v) is 9.58. The molecule has 1 N–H and O–H groups in total. The summed E-state index contributed by atoms with van der Waals surface area (Å²) in [5, 5.41) is 2.98. The van der Waals surface area contributed by atoms with E-state index in [1.54, 1.807) is 0 Å². The number of carbonyl (C=O) groups excluding carboxylic acids is 1. The molecule has 2 aliphatic rings. The van der Waals surface area contributed by atoms with Crippen LogP contribution >= 0.6 is 0 Å². The van der Waals surface area contributed by atoms with Crippen molar-refractivity contribution in [1.29, 1.82) is 0 Å². The number of amides is 1. The molecule has 0 radical (unpaired) electrons. The normalized spacial score (nSPS) is 32.7. The van der Waals surface area contributed by atoms with E-state index < -0.39 is 5.60 Å². The predicted molar refractivity (Wildman–Crippen MR) is 57.6 cm³/mol. The second kappa shape index (κ2) is 4.10. The lowest BCUT2D eigenvalue weighted by molar-refractivity contribution is -0.155. The maximum atomic E-state index is 11.9. The summed E-state index contributed by atoms with van der Waals surface area (Å²) in [5.74, 6) is 0.764. The van der Waals surface area contributed by atoms with E-state index in [1.807, 2.05) is 14.0 Å². The van der Waals surface area contributed by atoms with Crippen molar-refractivity contribution >= 4 is 5.91 Å². The van der Waals surface area contributed by atoms with Gasteiger partial charge >= 0.3 is 0 Å². The average molecular weight is 212 g/mol. The molecular formula is C11H20N2O2. The Labute approximate surface area is 91.0 Å². The molecule has 1 saturated carbocycles. The van der Waals surface area contributed by atoms with Gasteiger partial charge in [0.15, 0.2) is 5.60 Å². The highest BCUT2D eigenvalue weighted by Gasteiger charge is 2.38. The van der Waals surface area contributed by atoms with Gasteiger partial charge in [-0.15, -0.1) is 0 Å². The number of likely N-dealkylation sites (N-methyl/N-ethyl adjacent to an activating group) is 1. The number of hydrogen-bond acceptors (Lipinski definition) is 3. The van der Waals surface area contributed by atoms with Crippen LogP contribution in [-0.2, 0) is 9.53 Å². The minimum absolute atomic E-state index is 0.0425. The first-order valence-electron chi connectivity index (χ1n) is 5.71. The summed E-state index contributed by atoms with van der Waals surface area (Å²) >= 11 is 0. The molecule has 1 atom stereocenters. The quantitative estimate of drug-likeness (QED) is 0.728. The first-order chi connectivity index (χ1) is 7.10. The van der Waals surface area contributed by atoms with Crippen molar-refractivity contribution < 1.29 is 9.53 Å². The van der Waals surface area contributed by atoms with Crippen LogP contribution in [0.3, 0.4) is 0 Å². The summed E-state index contributed by atoms with van der Waals surface area (Å²) in [4.78, 5) is 14.1. The number of ether oxygens (including phenoxy) is 1. The van der Waals surface area contributed by atoms with E-state index in [0.29, 0.717) is 13.2 Å². The molecule has 0 spiro atoms. The van der Waals surface area contributed by atoms with Gasteiger partial charge in [0.2, 0.25) is 0 Å². The van der Waals surface area contributed by atoms with Crippen LogP contribution in [0.1, 0.15) is 19.8 Å². The molecule has 1 amide bonds. The Kier molecular flexibility index (Phi) is 2.98. The van der Waals surface area contributed by atoms with E-state index in [9.17, 15) is 4.79 Å². The number of hydrogen-bond donors (Lipinski definition) is 1. The van der Waals surface area contributed by atoms with Crippen LogP contribution in [0, 0.1) is 5.92 Å². The first kappa shape index (κ1) is 10.9. The molecule has 0 aromatic rings. The fourth-order valence-electron chi connectivity index (χ4n) is 1.95. The Bertz CT molecular complexity index is 253. The van der Waals surface area contributed by atoms with E-state index >= 15 is 0 Å². The standard InChI is InChI=1S/C11H20N2O2/c1-11(8-13(2)5-6-15-11)10(14)12-7-9-3-4-9/h9H,3-8H2,1-2H3,(H,12,14). The number of rotatable bonds is 3. The molecule has 1 saturated heterocycles. The van der Waals surface area contributed by atoms with Gasteiger partial charge in [0.1, 0.15) is 0 Å². The minimum atomic E-state index is -0.651. The third-order valence-electron chi connectivity index (χ3n) is 3.19. The Balaban J connectivity index is 1.85. The summed E-state index contributed by atoms with van der Waals surface area (Å²) < 4.78 is 5.60. The fourth-order valence-corrected chi connectivity index (χ4v) is 1.95. The van der Waals surface area contributed by atoms with Gasteiger partial charge in [-0.1, -0.05) is 0 Å². The molecule has 4 heteroatoms. The van der Waals surface area contributed by atoms with Gasteiger partial charge in [0, 0.05) is 19.6 Å². The molecular weight excluding hydrogens is 192 g/mol. The molecule has 2 fully saturated rings. The zero-order valence-electron chi connectivity index (χ0n) is 9.58. The summed E-state index contributed by atoms with van der Waals surface area (Å²) in [6, 6.07) is 0. The van der Waals surface area contributed by atoms with E-state index in [4.69, 9.17) is 4.74 Å². The van der Waals surface area contributed by atoms with Crippen molar-refractivity contribution in [2.75, 3.05) is 33.3 Å². The second-order valence-corrected chi connectivity index (χ2v) is 4.97. The van der Waals surface area contributed by atoms with Gasteiger partial charge in [0.05, 0.1) is 6.61 Å². The Morgan fingerprint density at radius 2 is 2.33 bits per heavy atom. The van der Waals surface area contributed by atoms with Crippen molar-refractivity contribution in [3.05, 3.63) is 0 Å². The molecule has 0 aromatic carbocycles. The summed E-state index contributed by atoms with van der Waals surface area (Å²) in [7, 11) is 2.02. The highest BCUT2D eigenvalue weighted by atomic mass is 16.5. The van der Waals surface area contributed by atoms with Crippen LogP contribution < -0.4 is 5.32 Å². The number of nitrogens with zero attached hydrogens (tertiary/aromatic N) is 1. The third-order valence-corrected chi connectivity index (χ3v) is 3.19. The number of morpholine rings is 1. The minimum Gasteiger partial charge on any atom is -0.363 e. The van der Waals surface area contributed by atoms with Gasteiger partial charge in [-0.25, -0.2) is 0 Å². The lowest BCUT2D eigenvalue weighted by Crippen LogP contribution is -2.57. The molecule has 4 nitrogen and oxygen atoms in total. The van der Waals surface area contributed by atoms with E-state index in [0.717, 1.165) is 19.0 Å². The van der Waals surface area contributed by atoms with Crippen molar-refractivity contribution in [3.8, 4) is 0 Å². The molecule has 1 unspecified atom stereocenters. The molecule has 1 aliphatic carbocycles. The molecule has 1 heterocycles. The summed E-state index contributed by atoms with van der Waals surface area (Å²) in [6.45, 7) is 4.94. The van der Waals surface area contributed by atoms with Crippen LogP contribution in [0.5, 0.6) is 0 Å². The lowest BCUT2D eigenvalue weighted by Gasteiger charge is -2.37. The Morgan fingerprint density at radius 1 is 1.60 bits per heavy atom. The maximum absolute atomic E-state index is 11.9. The van der Waals surface area contributed by atoms with Crippen LogP contribution in [-0.4, -0.2) is 49.7 Å². The molecule has 0 bridgehead atoms. The van der Waals surface area contributed by atoms with Crippen molar-refractivity contribution in [2.45, 2.75) is 25.4 Å². The number of nitrogens with one attached hydrogen (secondary N) is 1. The van der Waals surface area contributed by atoms with E-state index in [-0.39, 0.29) is 5.91 Å². The van der Waals surface area contributed by atoms with Gasteiger partial charge in [-0.2, -0.15) is 0 Å². The van der Waals surface area contributed by atoms with Gasteiger partial charge < -0.3 is 15.0 Å². The highest BCUT2D eigenvalue weighted by molar-refractivity contribution is 5.85. The summed E-state index contributed by atoms with van der Waals surface area (Å²) in [5.41, 5.74) is -0.651. The van der Waals surface area contributed by atoms with Crippen molar-refractivity contribution in [2.24, 2.45) is 5.92 Å². The summed E-state index contributed by atoms with van der Waals surface area (Å²) in [6.07, 6.45) is 2.52. The van der Waals surface area contributed by atoms with Gasteiger partial charge in [0.25, 0.3) is 5.91 Å². The molecule has 0 aromatic heterocycles. The fraction of sp³-hybridized carbons (Fsp3) is 0.909. The van der Waals surface area contributed by atoms with Crippen molar-refractivity contribution in [1.82, 2.24) is 10.2 Å².